The van der Waals surface area contributed by atoms with E-state index in [1.807, 2.05) is 12.1 Å². The molecule has 4 N–H and O–H groups in total. The Morgan fingerprint density at radius 2 is 1.18 bits per heavy atom. The fraction of sp³-hybridized carbons (Fsp3) is 0.455. The molecule has 0 radical (unpaired) electrons. The summed E-state index contributed by atoms with van der Waals surface area (Å²) in [6.45, 7) is 10.1. The van der Waals surface area contributed by atoms with Gasteiger partial charge in [0.2, 0.25) is 0 Å². The SMILES string of the molecule is C[Si](C)(CCCNC(=O)Nc1ccccn1)O[Si](C)(C)CCCNC(=O)Nc1ccccn1. The molecule has 180 valence electrons. The Kier molecular flexibility index (Phi) is 10.5. The number of nitrogens with one attached hydrogen (secondary N) is 4. The van der Waals surface area contributed by atoms with Crippen molar-refractivity contribution in [3.63, 3.8) is 0 Å². The number of carbonyl (C=O) groups excluding carboxylic acids is 2. The summed E-state index contributed by atoms with van der Waals surface area (Å²) in [5.41, 5.74) is 0. The molecule has 0 aliphatic heterocycles. The molecular formula is C22H36N6O3Si2. The zero-order chi connectivity index (χ0) is 24.2. The van der Waals surface area contributed by atoms with Crippen LogP contribution in [0.2, 0.25) is 38.3 Å². The molecule has 0 saturated carbocycles. The summed E-state index contributed by atoms with van der Waals surface area (Å²) in [4.78, 5) is 32.1. The maximum Gasteiger partial charge on any atom is 0.320 e. The van der Waals surface area contributed by atoms with Crippen LogP contribution < -0.4 is 21.3 Å². The van der Waals surface area contributed by atoms with E-state index in [2.05, 4.69) is 57.4 Å². The van der Waals surface area contributed by atoms with E-state index in [9.17, 15) is 9.59 Å². The van der Waals surface area contributed by atoms with E-state index in [0.717, 1.165) is 24.9 Å². The van der Waals surface area contributed by atoms with Gasteiger partial charge in [-0.25, -0.2) is 19.6 Å². The van der Waals surface area contributed by atoms with Gasteiger partial charge in [-0.1, -0.05) is 12.1 Å². The predicted octanol–water partition coefficient (Wildman–Crippen LogP) is 4.63. The van der Waals surface area contributed by atoms with E-state index in [1.165, 1.54) is 0 Å². The number of anilines is 2. The van der Waals surface area contributed by atoms with Crippen LogP contribution in [0.4, 0.5) is 21.2 Å². The van der Waals surface area contributed by atoms with Crippen LogP contribution >= 0.6 is 0 Å². The Morgan fingerprint density at radius 3 is 1.55 bits per heavy atom. The van der Waals surface area contributed by atoms with Gasteiger partial charge in [0.05, 0.1) is 0 Å². The molecule has 11 heteroatoms. The molecule has 0 aliphatic rings. The fourth-order valence-electron chi connectivity index (χ4n) is 3.48. The van der Waals surface area contributed by atoms with E-state index in [-0.39, 0.29) is 12.1 Å². The third-order valence-corrected chi connectivity index (χ3v) is 12.4. The second-order valence-electron chi connectivity index (χ2n) is 9.02. The average Bonchev–Trinajstić information content (AvgIpc) is 2.75. The van der Waals surface area contributed by atoms with Crippen molar-refractivity contribution in [3.8, 4) is 0 Å². The Bertz CT molecular complexity index is 797. The van der Waals surface area contributed by atoms with Crippen molar-refractivity contribution in [2.45, 2.75) is 51.1 Å². The first-order valence-electron chi connectivity index (χ1n) is 11.3. The smallest absolute Gasteiger partial charge is 0.320 e. The van der Waals surface area contributed by atoms with Gasteiger partial charge in [0, 0.05) is 25.5 Å². The Hall–Kier alpha value is -2.77. The van der Waals surface area contributed by atoms with Crippen LogP contribution in [0.3, 0.4) is 0 Å². The number of hydrogen-bond acceptors (Lipinski definition) is 5. The van der Waals surface area contributed by atoms with Crippen LogP contribution in [0.5, 0.6) is 0 Å². The van der Waals surface area contributed by atoms with Gasteiger partial charge in [0.25, 0.3) is 0 Å². The first kappa shape index (κ1) is 26.5. The third-order valence-electron chi connectivity index (χ3n) is 4.85. The summed E-state index contributed by atoms with van der Waals surface area (Å²) in [5, 5.41) is 11.2. The van der Waals surface area contributed by atoms with Gasteiger partial charge < -0.3 is 14.7 Å². The molecule has 2 rings (SSSR count). The summed E-state index contributed by atoms with van der Waals surface area (Å²) in [6.07, 6.45) is 5.02. The highest BCUT2D eigenvalue weighted by Crippen LogP contribution is 2.23. The number of urea groups is 2. The van der Waals surface area contributed by atoms with Crippen molar-refractivity contribution in [1.82, 2.24) is 20.6 Å². The van der Waals surface area contributed by atoms with Gasteiger partial charge in [-0.2, -0.15) is 0 Å². The molecule has 0 unspecified atom stereocenters. The first-order valence-corrected chi connectivity index (χ1v) is 17.5. The maximum atomic E-state index is 11.9. The molecule has 2 aromatic heterocycles. The Morgan fingerprint density at radius 1 is 0.758 bits per heavy atom. The standard InChI is InChI=1S/C22H36N6O3Si2/c1-32(2,17-9-15-25-21(29)27-19-11-5-7-13-23-19)31-33(3,4)18-10-16-26-22(30)28-20-12-6-8-14-24-20/h5-8,11-14H,9-10,15-18H2,1-4H3,(H2,23,25,27,29)(H2,24,26,28,30). The van der Waals surface area contributed by atoms with Gasteiger partial charge >= 0.3 is 12.1 Å². The zero-order valence-corrected chi connectivity index (χ0v) is 22.0. The van der Waals surface area contributed by atoms with E-state index in [1.54, 1.807) is 36.7 Å². The van der Waals surface area contributed by atoms with Crippen LogP contribution in [0.15, 0.2) is 48.8 Å². The van der Waals surface area contributed by atoms with Crippen LogP contribution in [0.1, 0.15) is 12.8 Å². The number of rotatable bonds is 12. The third kappa shape index (κ3) is 11.6. The van der Waals surface area contributed by atoms with Crippen LogP contribution in [-0.4, -0.2) is 51.8 Å². The summed E-state index contributed by atoms with van der Waals surface area (Å²) < 4.78 is 6.63. The van der Waals surface area contributed by atoms with E-state index in [0.29, 0.717) is 24.7 Å². The molecule has 0 spiro atoms. The number of nitrogens with zero attached hydrogens (tertiary/aromatic N) is 2. The van der Waals surface area contributed by atoms with Crippen molar-refractivity contribution in [1.29, 1.82) is 0 Å². The van der Waals surface area contributed by atoms with Gasteiger partial charge in [0.15, 0.2) is 16.6 Å². The number of pyridine rings is 2. The van der Waals surface area contributed by atoms with Gasteiger partial charge in [-0.05, 0) is 75.4 Å². The second-order valence-corrected chi connectivity index (χ2v) is 17.9. The summed E-state index contributed by atoms with van der Waals surface area (Å²) in [7, 11) is -3.70. The fourth-order valence-corrected chi connectivity index (χ4v) is 12.3. The minimum atomic E-state index is -1.85. The predicted molar refractivity (Wildman–Crippen MR) is 137 cm³/mol. The normalized spacial score (nSPS) is 11.5. The molecule has 0 aliphatic carbocycles. The molecule has 9 nitrogen and oxygen atoms in total. The molecule has 0 atom stereocenters. The van der Waals surface area contributed by atoms with Gasteiger partial charge in [0.1, 0.15) is 11.6 Å². The summed E-state index contributed by atoms with van der Waals surface area (Å²) in [6, 6.07) is 12.2. The Labute approximate surface area is 198 Å². The van der Waals surface area contributed by atoms with Crippen molar-refractivity contribution in [3.05, 3.63) is 48.8 Å². The molecule has 2 heterocycles. The topological polar surface area (TPSA) is 117 Å². The molecular weight excluding hydrogens is 452 g/mol. The largest absolute Gasteiger partial charge is 0.455 e. The first-order chi connectivity index (χ1) is 15.7. The highest BCUT2D eigenvalue weighted by atomic mass is 28.4. The lowest BCUT2D eigenvalue weighted by Crippen LogP contribution is -2.45. The van der Waals surface area contributed by atoms with Crippen LogP contribution in [0, 0.1) is 0 Å². The van der Waals surface area contributed by atoms with Crippen LogP contribution in [0.25, 0.3) is 0 Å². The van der Waals surface area contributed by atoms with Crippen molar-refractivity contribution in [2.75, 3.05) is 23.7 Å². The Balaban J connectivity index is 1.60. The molecule has 0 aromatic carbocycles. The minimum Gasteiger partial charge on any atom is -0.455 e. The molecule has 0 bridgehead atoms. The molecule has 4 amide bonds. The molecule has 33 heavy (non-hydrogen) atoms. The maximum absolute atomic E-state index is 11.9. The number of aromatic nitrogens is 2. The lowest BCUT2D eigenvalue weighted by Gasteiger charge is -2.34. The zero-order valence-electron chi connectivity index (χ0n) is 20.0. The lowest BCUT2D eigenvalue weighted by molar-refractivity contribution is 0.251. The van der Waals surface area contributed by atoms with E-state index < -0.39 is 16.6 Å². The number of carbonyl (C=O) groups is 2. The molecule has 2 aromatic rings. The van der Waals surface area contributed by atoms with E-state index in [4.69, 9.17) is 4.12 Å². The summed E-state index contributed by atoms with van der Waals surface area (Å²) in [5.74, 6) is 1.06. The lowest BCUT2D eigenvalue weighted by atomic mass is 10.4. The van der Waals surface area contributed by atoms with Gasteiger partial charge in [-0.3, -0.25) is 10.6 Å². The van der Waals surface area contributed by atoms with Crippen molar-refractivity contribution >= 4 is 40.3 Å². The highest BCUT2D eigenvalue weighted by Gasteiger charge is 2.32. The van der Waals surface area contributed by atoms with Gasteiger partial charge in [-0.15, -0.1) is 0 Å². The monoisotopic (exact) mass is 488 g/mol. The van der Waals surface area contributed by atoms with Crippen LogP contribution in [-0.2, 0) is 4.12 Å². The number of hydrogen-bond donors (Lipinski definition) is 4. The van der Waals surface area contributed by atoms with E-state index >= 15 is 0 Å². The highest BCUT2D eigenvalue weighted by molar-refractivity contribution is 6.84. The minimum absolute atomic E-state index is 0.247. The molecule has 0 fully saturated rings. The van der Waals surface area contributed by atoms with Crippen molar-refractivity contribution in [2.24, 2.45) is 0 Å². The quantitative estimate of drug-likeness (QED) is 0.257. The second kappa shape index (κ2) is 13.1. The average molecular weight is 489 g/mol. The number of amides is 4. The molecule has 0 saturated heterocycles. The van der Waals surface area contributed by atoms with Crippen molar-refractivity contribution < 1.29 is 13.7 Å². The summed E-state index contributed by atoms with van der Waals surface area (Å²) >= 11 is 0.